The number of urea groups is 1. The van der Waals surface area contributed by atoms with Crippen molar-refractivity contribution in [2.24, 2.45) is 0 Å². The quantitative estimate of drug-likeness (QED) is 0.541. The molecule has 0 heterocycles. The minimum absolute atomic E-state index is 0.0492. The maximum atomic E-state index is 11.3. The Bertz CT molecular complexity index is 423. The van der Waals surface area contributed by atoms with Gasteiger partial charge in [-0.2, -0.15) is 0 Å². The molecule has 3 N–H and O–H groups in total. The van der Waals surface area contributed by atoms with Crippen LogP contribution in [-0.4, -0.2) is 31.8 Å². The normalized spacial score (nSPS) is 9.58. The number of carbonyl (C=O) groups excluding carboxylic acids is 2. The van der Waals surface area contributed by atoms with Gasteiger partial charge >= 0.3 is 6.03 Å². The van der Waals surface area contributed by atoms with E-state index in [0.29, 0.717) is 23.9 Å². The summed E-state index contributed by atoms with van der Waals surface area (Å²) in [5, 5.41) is 8.27. The molecule has 3 amide bonds. The molecule has 19 heavy (non-hydrogen) atoms. The molecule has 0 aliphatic heterocycles. The molecule has 0 radical (unpaired) electrons. The lowest BCUT2D eigenvalue weighted by Gasteiger charge is -2.09. The molecular weight excluding hydrogens is 270 g/mol. The Balaban J connectivity index is 2.10. The van der Waals surface area contributed by atoms with Gasteiger partial charge in [0.05, 0.1) is 0 Å². The van der Waals surface area contributed by atoms with Crippen LogP contribution in [0, 0.1) is 0 Å². The Morgan fingerprint density at radius 3 is 2.37 bits per heavy atom. The summed E-state index contributed by atoms with van der Waals surface area (Å²) >= 11 is 5.72. The third-order valence-corrected chi connectivity index (χ3v) is 2.32. The first-order valence-electron chi connectivity index (χ1n) is 5.72. The molecule has 0 atom stereocenters. The molecule has 0 saturated carbocycles. The number of nitrogens with one attached hydrogen (secondary N) is 3. The Hall–Kier alpha value is -1.95. The molecule has 0 aliphatic rings. The van der Waals surface area contributed by atoms with Gasteiger partial charge in [0.1, 0.15) is 5.75 Å². The molecule has 7 heteroatoms. The summed E-state index contributed by atoms with van der Waals surface area (Å²) in [5.41, 5.74) is 0. The van der Waals surface area contributed by atoms with Crippen molar-refractivity contribution in [3.05, 3.63) is 29.3 Å². The summed E-state index contributed by atoms with van der Waals surface area (Å²) in [7, 11) is 0. The Labute approximate surface area is 116 Å². The average Bonchev–Trinajstić information content (AvgIpc) is 2.37. The highest BCUT2D eigenvalue weighted by atomic mass is 35.5. The smallest absolute Gasteiger partial charge is 0.317 e. The zero-order valence-electron chi connectivity index (χ0n) is 10.5. The van der Waals surface area contributed by atoms with Crippen LogP contribution in [0.15, 0.2) is 24.3 Å². The third kappa shape index (κ3) is 7.15. The molecule has 0 unspecified atom stereocenters. The summed E-state index contributed by atoms with van der Waals surface area (Å²) in [5.74, 6) is 0.483. The van der Waals surface area contributed by atoms with Crippen molar-refractivity contribution < 1.29 is 14.3 Å². The predicted molar refractivity (Wildman–Crippen MR) is 72.2 cm³/mol. The fraction of sp³-hybridized carbons (Fsp3) is 0.333. The fourth-order valence-electron chi connectivity index (χ4n) is 1.19. The van der Waals surface area contributed by atoms with Crippen LogP contribution in [0.3, 0.4) is 0 Å². The van der Waals surface area contributed by atoms with E-state index in [1.165, 1.54) is 6.92 Å². The monoisotopic (exact) mass is 285 g/mol. The number of amides is 3. The van der Waals surface area contributed by atoms with Crippen molar-refractivity contribution >= 4 is 23.5 Å². The maximum Gasteiger partial charge on any atom is 0.317 e. The molecule has 0 fully saturated rings. The first-order chi connectivity index (χ1) is 9.08. The number of rotatable bonds is 6. The van der Waals surface area contributed by atoms with E-state index in [9.17, 15) is 9.59 Å². The van der Waals surface area contributed by atoms with Gasteiger partial charge in [0.2, 0.25) is 5.91 Å². The molecule has 0 bridgehead atoms. The summed E-state index contributed by atoms with van der Waals surface area (Å²) in [6.07, 6.45) is 0. The van der Waals surface area contributed by atoms with Crippen LogP contribution in [-0.2, 0) is 4.79 Å². The molecule has 1 rings (SSSR count). The molecule has 0 saturated heterocycles. The number of benzene rings is 1. The second-order valence-electron chi connectivity index (χ2n) is 3.66. The average molecular weight is 286 g/mol. The van der Waals surface area contributed by atoms with E-state index >= 15 is 0 Å². The van der Waals surface area contributed by atoms with Crippen LogP contribution in [0.2, 0.25) is 5.02 Å². The van der Waals surface area contributed by atoms with Crippen molar-refractivity contribution in [3.63, 3.8) is 0 Å². The van der Waals surface area contributed by atoms with Gasteiger partial charge in [-0.1, -0.05) is 11.6 Å². The van der Waals surface area contributed by atoms with Gasteiger partial charge in [0.25, 0.3) is 0 Å². The van der Waals surface area contributed by atoms with E-state index in [-0.39, 0.29) is 18.7 Å². The number of hydrogen-bond acceptors (Lipinski definition) is 3. The second-order valence-corrected chi connectivity index (χ2v) is 4.09. The number of ether oxygens (including phenoxy) is 1. The van der Waals surface area contributed by atoms with E-state index in [1.54, 1.807) is 24.3 Å². The van der Waals surface area contributed by atoms with Gasteiger partial charge < -0.3 is 20.7 Å². The molecule has 0 spiro atoms. The van der Waals surface area contributed by atoms with Gasteiger partial charge in [0.15, 0.2) is 6.73 Å². The zero-order valence-corrected chi connectivity index (χ0v) is 11.3. The molecule has 1 aromatic carbocycles. The van der Waals surface area contributed by atoms with Gasteiger partial charge in [-0.05, 0) is 24.3 Å². The molecule has 0 aliphatic carbocycles. The number of halogens is 1. The number of carbonyl (C=O) groups is 2. The lowest BCUT2D eigenvalue weighted by atomic mass is 10.3. The number of hydrogen-bond donors (Lipinski definition) is 3. The molecule has 1 aromatic rings. The largest absolute Gasteiger partial charge is 0.473 e. The van der Waals surface area contributed by atoms with Crippen molar-refractivity contribution in [3.8, 4) is 5.75 Å². The van der Waals surface area contributed by atoms with Crippen molar-refractivity contribution in [2.45, 2.75) is 6.92 Å². The molecule has 0 aromatic heterocycles. The minimum atomic E-state index is -0.362. The lowest BCUT2D eigenvalue weighted by Crippen LogP contribution is -2.41. The fourth-order valence-corrected chi connectivity index (χ4v) is 1.32. The Morgan fingerprint density at radius 2 is 1.74 bits per heavy atom. The standard InChI is InChI=1S/C12H16ClN3O3/c1-9(17)14-6-7-15-12(18)16-8-19-11-4-2-10(13)3-5-11/h2-5H,6-8H2,1H3,(H,14,17)(H2,15,16,18). The highest BCUT2D eigenvalue weighted by Crippen LogP contribution is 2.14. The lowest BCUT2D eigenvalue weighted by molar-refractivity contribution is -0.118. The molecular formula is C12H16ClN3O3. The van der Waals surface area contributed by atoms with Crippen LogP contribution >= 0.6 is 11.6 Å². The van der Waals surface area contributed by atoms with Crippen molar-refractivity contribution in [1.82, 2.24) is 16.0 Å². The minimum Gasteiger partial charge on any atom is -0.473 e. The first-order valence-corrected chi connectivity index (χ1v) is 6.10. The zero-order chi connectivity index (χ0) is 14.1. The topological polar surface area (TPSA) is 79.5 Å². The van der Waals surface area contributed by atoms with E-state index in [1.807, 2.05) is 0 Å². The van der Waals surface area contributed by atoms with E-state index in [0.717, 1.165) is 0 Å². The van der Waals surface area contributed by atoms with E-state index < -0.39 is 0 Å². The Kier molecular flexibility index (Phi) is 6.52. The highest BCUT2D eigenvalue weighted by Gasteiger charge is 1.99. The van der Waals surface area contributed by atoms with Gasteiger partial charge in [-0.3, -0.25) is 4.79 Å². The summed E-state index contributed by atoms with van der Waals surface area (Å²) in [6, 6.07) is 6.45. The first kappa shape index (κ1) is 15.1. The summed E-state index contributed by atoms with van der Waals surface area (Å²) in [6.45, 7) is 2.21. The maximum absolute atomic E-state index is 11.3. The van der Waals surface area contributed by atoms with Crippen LogP contribution in [0.4, 0.5) is 4.79 Å². The molecule has 104 valence electrons. The Morgan fingerprint density at radius 1 is 1.11 bits per heavy atom. The van der Waals surface area contributed by atoms with Crippen LogP contribution in [0.25, 0.3) is 0 Å². The van der Waals surface area contributed by atoms with Crippen molar-refractivity contribution in [2.75, 3.05) is 19.8 Å². The van der Waals surface area contributed by atoms with E-state index in [4.69, 9.17) is 16.3 Å². The highest BCUT2D eigenvalue weighted by molar-refractivity contribution is 6.30. The van der Waals surface area contributed by atoms with Crippen molar-refractivity contribution in [1.29, 1.82) is 0 Å². The summed E-state index contributed by atoms with van der Waals surface area (Å²) < 4.78 is 5.28. The summed E-state index contributed by atoms with van der Waals surface area (Å²) in [4.78, 5) is 21.9. The van der Waals surface area contributed by atoms with Crippen LogP contribution in [0.1, 0.15) is 6.92 Å². The molecule has 6 nitrogen and oxygen atoms in total. The second kappa shape index (κ2) is 8.20. The van der Waals surface area contributed by atoms with Gasteiger partial charge in [-0.15, -0.1) is 0 Å². The van der Waals surface area contributed by atoms with E-state index in [2.05, 4.69) is 16.0 Å². The van der Waals surface area contributed by atoms with Crippen LogP contribution < -0.4 is 20.7 Å². The third-order valence-electron chi connectivity index (χ3n) is 2.07. The van der Waals surface area contributed by atoms with Gasteiger partial charge in [-0.25, -0.2) is 4.79 Å². The van der Waals surface area contributed by atoms with Crippen LogP contribution in [0.5, 0.6) is 5.75 Å². The SMILES string of the molecule is CC(=O)NCCNC(=O)NCOc1ccc(Cl)cc1. The van der Waals surface area contributed by atoms with Gasteiger partial charge in [0, 0.05) is 25.0 Å². The predicted octanol–water partition coefficient (Wildman–Crippen LogP) is 1.11.